The van der Waals surface area contributed by atoms with Gasteiger partial charge in [0.15, 0.2) is 0 Å². The van der Waals surface area contributed by atoms with Crippen molar-refractivity contribution in [2.45, 2.75) is 6.42 Å². The molecular weight excluding hydrogens is 306 g/mol. The average Bonchev–Trinajstić information content (AvgIpc) is 2.60. The molecule has 5 heteroatoms. The van der Waals surface area contributed by atoms with Gasteiger partial charge in [-0.1, -0.05) is 70.4 Å². The van der Waals surface area contributed by atoms with Crippen LogP contribution in [0.5, 0.6) is 0 Å². The smallest absolute Gasteiger partial charge is 0.242 e. The van der Waals surface area contributed by atoms with Gasteiger partial charge in [-0.25, -0.2) is 10.2 Å². The molecule has 0 aliphatic carbocycles. The van der Waals surface area contributed by atoms with Crippen molar-refractivity contribution >= 4 is 29.1 Å². The Hall–Kier alpha value is -2.24. The minimum absolute atomic E-state index is 0.136. The molecule has 1 atom stereocenters. The van der Waals surface area contributed by atoms with Gasteiger partial charge in [0.05, 0.1) is 12.6 Å². The molecule has 2 rings (SSSR count). The highest BCUT2D eigenvalue weighted by Gasteiger charge is 2.37. The SMILES string of the molecule is CSC(=N)[N+](C)(N=Cc1ccccc1)C(=O)Cc1ccccc1. The van der Waals surface area contributed by atoms with Crippen LogP contribution in [0.25, 0.3) is 0 Å². The van der Waals surface area contributed by atoms with Crippen LogP contribution in [-0.4, -0.2) is 35.2 Å². The van der Waals surface area contributed by atoms with Crippen LogP contribution in [0, 0.1) is 5.41 Å². The van der Waals surface area contributed by atoms with Crippen LogP contribution in [0.15, 0.2) is 65.8 Å². The van der Waals surface area contributed by atoms with Crippen molar-refractivity contribution in [2.24, 2.45) is 5.10 Å². The second-order valence-electron chi connectivity index (χ2n) is 5.18. The molecule has 23 heavy (non-hydrogen) atoms. The number of amides is 1. The van der Waals surface area contributed by atoms with Crippen molar-refractivity contribution in [1.82, 2.24) is 0 Å². The first-order valence-electron chi connectivity index (χ1n) is 7.24. The van der Waals surface area contributed by atoms with Gasteiger partial charge in [0, 0.05) is 0 Å². The highest BCUT2D eigenvalue weighted by atomic mass is 32.2. The van der Waals surface area contributed by atoms with Gasteiger partial charge in [-0.3, -0.25) is 0 Å². The number of hydrogen-bond acceptors (Lipinski definition) is 4. The third-order valence-corrected chi connectivity index (χ3v) is 4.25. The maximum absolute atomic E-state index is 12.8. The number of amidine groups is 1. The normalized spacial score (nSPS) is 13.7. The summed E-state index contributed by atoms with van der Waals surface area (Å²) in [6.07, 6.45) is 3.67. The first-order valence-corrected chi connectivity index (χ1v) is 8.46. The first-order chi connectivity index (χ1) is 11.1. The van der Waals surface area contributed by atoms with E-state index in [1.54, 1.807) is 19.5 Å². The molecule has 0 spiro atoms. The number of likely N-dealkylation sites (N-methyl/N-ethyl adjacent to an activating group) is 1. The number of rotatable bonds is 4. The van der Waals surface area contributed by atoms with E-state index in [1.165, 1.54) is 11.8 Å². The van der Waals surface area contributed by atoms with Crippen molar-refractivity contribution in [2.75, 3.05) is 13.3 Å². The molecule has 0 saturated carbocycles. The first kappa shape index (κ1) is 17.1. The van der Waals surface area contributed by atoms with Crippen molar-refractivity contribution in [1.29, 1.82) is 5.41 Å². The van der Waals surface area contributed by atoms with Gasteiger partial charge in [0.25, 0.3) is 5.17 Å². The zero-order valence-electron chi connectivity index (χ0n) is 13.3. The van der Waals surface area contributed by atoms with E-state index in [-0.39, 0.29) is 22.1 Å². The third kappa shape index (κ3) is 4.37. The average molecular weight is 326 g/mol. The Morgan fingerprint density at radius 1 is 1.13 bits per heavy atom. The molecule has 0 aromatic heterocycles. The van der Waals surface area contributed by atoms with Gasteiger partial charge in [-0.2, -0.15) is 0 Å². The van der Waals surface area contributed by atoms with Gasteiger partial charge in [-0.15, -0.1) is 0 Å². The molecule has 2 aromatic carbocycles. The third-order valence-electron chi connectivity index (χ3n) is 3.51. The summed E-state index contributed by atoms with van der Waals surface area (Å²) in [7, 11) is 1.66. The largest absolute Gasteiger partial charge is 0.350 e. The summed E-state index contributed by atoms with van der Waals surface area (Å²) in [6, 6.07) is 19.1. The number of carbonyl (C=O) groups is 1. The van der Waals surface area contributed by atoms with E-state index in [0.29, 0.717) is 0 Å². The number of nitrogens with one attached hydrogen (secondary N) is 1. The number of benzene rings is 2. The summed E-state index contributed by atoms with van der Waals surface area (Å²) in [5, 5.41) is 12.8. The van der Waals surface area contributed by atoms with Gasteiger partial charge < -0.3 is 0 Å². The molecular formula is C18H20N3OS+. The number of carbonyl (C=O) groups excluding carboxylic acids is 1. The van der Waals surface area contributed by atoms with E-state index in [9.17, 15) is 4.79 Å². The Labute approximate surface area is 140 Å². The second-order valence-corrected chi connectivity index (χ2v) is 5.97. The van der Waals surface area contributed by atoms with Gasteiger partial charge in [-0.05, 0) is 29.1 Å². The maximum Gasteiger partial charge on any atom is 0.350 e. The molecule has 0 heterocycles. The van der Waals surface area contributed by atoms with Gasteiger partial charge >= 0.3 is 5.91 Å². The Morgan fingerprint density at radius 3 is 2.26 bits per heavy atom. The van der Waals surface area contributed by atoms with Crippen LogP contribution in [0.1, 0.15) is 11.1 Å². The molecule has 0 aliphatic rings. The monoisotopic (exact) mass is 326 g/mol. The van der Waals surface area contributed by atoms with Crippen LogP contribution in [0.3, 0.4) is 0 Å². The van der Waals surface area contributed by atoms with Crippen LogP contribution in [0.4, 0.5) is 0 Å². The maximum atomic E-state index is 12.8. The van der Waals surface area contributed by atoms with Gasteiger partial charge in [0.1, 0.15) is 7.05 Å². The number of nitrogens with zero attached hydrogens (tertiary/aromatic N) is 2. The Morgan fingerprint density at radius 2 is 1.70 bits per heavy atom. The molecule has 0 saturated heterocycles. The van der Waals surface area contributed by atoms with E-state index in [1.807, 2.05) is 60.7 Å². The number of hydrogen-bond donors (Lipinski definition) is 1. The summed E-state index contributed by atoms with van der Waals surface area (Å²) >= 11 is 1.23. The Bertz CT molecular complexity index is 701. The summed E-state index contributed by atoms with van der Waals surface area (Å²) in [4.78, 5) is 12.8. The predicted octanol–water partition coefficient (Wildman–Crippen LogP) is 3.53. The van der Waals surface area contributed by atoms with E-state index >= 15 is 0 Å². The predicted molar refractivity (Wildman–Crippen MR) is 96.6 cm³/mol. The number of quaternary nitrogens is 1. The highest BCUT2D eigenvalue weighted by Crippen LogP contribution is 2.17. The van der Waals surface area contributed by atoms with Crippen molar-refractivity contribution in [3.8, 4) is 0 Å². The van der Waals surface area contributed by atoms with E-state index in [4.69, 9.17) is 5.41 Å². The fourth-order valence-corrected chi connectivity index (χ4v) is 2.56. The molecule has 4 nitrogen and oxygen atoms in total. The fourth-order valence-electron chi connectivity index (χ4n) is 2.05. The zero-order valence-corrected chi connectivity index (χ0v) is 14.1. The summed E-state index contributed by atoms with van der Waals surface area (Å²) < 4.78 is -0.384. The lowest BCUT2D eigenvalue weighted by Gasteiger charge is -2.23. The van der Waals surface area contributed by atoms with Crippen molar-refractivity contribution in [3.05, 3.63) is 71.8 Å². The Kier molecular flexibility index (Phi) is 5.84. The van der Waals surface area contributed by atoms with Crippen LogP contribution < -0.4 is 0 Å². The van der Waals surface area contributed by atoms with Crippen molar-refractivity contribution < 1.29 is 9.39 Å². The summed E-state index contributed by atoms with van der Waals surface area (Å²) in [5.41, 5.74) is 1.82. The molecule has 2 aromatic rings. The lowest BCUT2D eigenvalue weighted by atomic mass is 10.1. The van der Waals surface area contributed by atoms with Gasteiger partial charge in [0.2, 0.25) is 0 Å². The molecule has 0 radical (unpaired) electrons. The Balaban J connectivity index is 2.26. The summed E-state index contributed by atoms with van der Waals surface area (Å²) in [6.45, 7) is 0. The van der Waals surface area contributed by atoms with E-state index in [2.05, 4.69) is 5.10 Å². The van der Waals surface area contributed by atoms with Crippen molar-refractivity contribution in [3.63, 3.8) is 0 Å². The standard InChI is InChI=1S/C18H20N3OS/c1-21(18(19)23-2,20-14-16-11-7-4-8-12-16)17(22)13-15-9-5-3-6-10-15/h3-12,14,19H,13H2,1-2H3/q+1. The quantitative estimate of drug-likeness (QED) is 0.404. The molecule has 0 bridgehead atoms. The minimum atomic E-state index is -0.384. The van der Waals surface area contributed by atoms with E-state index < -0.39 is 0 Å². The lowest BCUT2D eigenvalue weighted by Crippen LogP contribution is -2.48. The highest BCUT2D eigenvalue weighted by molar-refractivity contribution is 8.12. The number of thioether (sulfide) groups is 1. The summed E-state index contributed by atoms with van der Waals surface area (Å²) in [5.74, 6) is -0.136. The molecule has 0 fully saturated rings. The molecule has 1 unspecified atom stereocenters. The minimum Gasteiger partial charge on any atom is -0.242 e. The zero-order chi connectivity index (χ0) is 16.7. The topological polar surface area (TPSA) is 53.3 Å². The molecule has 118 valence electrons. The van der Waals surface area contributed by atoms with E-state index in [0.717, 1.165) is 11.1 Å². The molecule has 1 N–H and O–H groups in total. The molecule has 1 amide bonds. The van der Waals surface area contributed by atoms with Crippen LogP contribution >= 0.6 is 11.8 Å². The lowest BCUT2D eigenvalue weighted by molar-refractivity contribution is -0.744. The second kappa shape index (κ2) is 7.85. The molecule has 0 aliphatic heterocycles. The van der Waals surface area contributed by atoms with Crippen LogP contribution in [-0.2, 0) is 11.2 Å². The fraction of sp³-hybridized carbons (Fsp3) is 0.167. The van der Waals surface area contributed by atoms with Crippen LogP contribution in [0.2, 0.25) is 0 Å².